The highest BCUT2D eigenvalue weighted by Gasteiger charge is 2.18. The van der Waals surface area contributed by atoms with Gasteiger partial charge in [-0.2, -0.15) is 0 Å². The zero-order valence-corrected chi connectivity index (χ0v) is 10.0. The summed E-state index contributed by atoms with van der Waals surface area (Å²) < 4.78 is 23.5. The van der Waals surface area contributed by atoms with Crippen LogP contribution in [0, 0.1) is 5.82 Å². The number of nitrogen functional groups attached to an aromatic ring is 1. The number of carbonyl (C=O) groups is 1. The van der Waals surface area contributed by atoms with Crippen LogP contribution < -0.4 is 5.73 Å². The normalized spacial score (nSPS) is 19.5. The molecule has 0 aromatic heterocycles. The van der Waals surface area contributed by atoms with Gasteiger partial charge in [-0.3, -0.25) is 0 Å². The van der Waals surface area contributed by atoms with Crippen LogP contribution in [0.5, 0.6) is 0 Å². The van der Waals surface area contributed by atoms with Crippen LogP contribution >= 0.6 is 0 Å². The van der Waals surface area contributed by atoms with E-state index in [9.17, 15) is 9.18 Å². The van der Waals surface area contributed by atoms with Crippen LogP contribution in [0.15, 0.2) is 18.2 Å². The molecular formula is C13H16FNO3. The van der Waals surface area contributed by atoms with Crippen molar-refractivity contribution in [2.75, 3.05) is 18.9 Å². The first-order valence-electron chi connectivity index (χ1n) is 6.00. The van der Waals surface area contributed by atoms with Gasteiger partial charge in [-0.1, -0.05) is 0 Å². The smallest absolute Gasteiger partial charge is 0.340 e. The van der Waals surface area contributed by atoms with Gasteiger partial charge in [-0.25, -0.2) is 9.18 Å². The van der Waals surface area contributed by atoms with Crippen molar-refractivity contribution in [2.45, 2.75) is 25.4 Å². The summed E-state index contributed by atoms with van der Waals surface area (Å²) in [4.78, 5) is 11.7. The van der Waals surface area contributed by atoms with Crippen molar-refractivity contribution in [3.63, 3.8) is 0 Å². The van der Waals surface area contributed by atoms with Gasteiger partial charge in [0.05, 0.1) is 11.7 Å². The molecule has 1 aliphatic rings. The summed E-state index contributed by atoms with van der Waals surface area (Å²) in [6.45, 7) is 0.888. The summed E-state index contributed by atoms with van der Waals surface area (Å²) >= 11 is 0. The van der Waals surface area contributed by atoms with Crippen LogP contribution in [0.25, 0.3) is 0 Å². The van der Waals surface area contributed by atoms with Crippen molar-refractivity contribution >= 4 is 11.7 Å². The molecule has 0 spiro atoms. The van der Waals surface area contributed by atoms with E-state index in [1.165, 1.54) is 12.1 Å². The third kappa shape index (κ3) is 3.20. The monoisotopic (exact) mass is 253 g/mol. The second-order valence-electron chi connectivity index (χ2n) is 4.32. The summed E-state index contributed by atoms with van der Waals surface area (Å²) in [5.41, 5.74) is 5.88. The molecule has 1 aromatic rings. The number of esters is 1. The number of nitrogens with two attached hydrogens (primary N) is 1. The van der Waals surface area contributed by atoms with E-state index in [4.69, 9.17) is 15.2 Å². The first-order valence-corrected chi connectivity index (χ1v) is 6.00. The van der Waals surface area contributed by atoms with Crippen molar-refractivity contribution in [2.24, 2.45) is 0 Å². The standard InChI is InChI=1S/C13H16FNO3/c14-9-4-5-12(15)11(7-9)13(16)18-8-10-3-1-2-6-17-10/h4-5,7,10H,1-3,6,8,15H2. The van der Waals surface area contributed by atoms with Crippen molar-refractivity contribution in [3.05, 3.63) is 29.6 Å². The molecule has 0 amide bonds. The van der Waals surface area contributed by atoms with Crippen molar-refractivity contribution in [3.8, 4) is 0 Å². The summed E-state index contributed by atoms with van der Waals surface area (Å²) in [7, 11) is 0. The maximum absolute atomic E-state index is 13.0. The average Bonchev–Trinajstić information content (AvgIpc) is 2.40. The SMILES string of the molecule is Nc1ccc(F)cc1C(=O)OCC1CCCCO1. The van der Waals surface area contributed by atoms with Gasteiger partial charge in [0.25, 0.3) is 0 Å². The predicted octanol–water partition coefficient (Wildman–Crippen LogP) is 2.13. The minimum atomic E-state index is -0.610. The molecule has 4 nitrogen and oxygen atoms in total. The third-order valence-corrected chi connectivity index (χ3v) is 2.91. The molecule has 1 aromatic carbocycles. The maximum atomic E-state index is 13.0. The Labute approximate surface area is 105 Å². The fourth-order valence-electron chi connectivity index (χ4n) is 1.89. The van der Waals surface area contributed by atoms with E-state index in [1.807, 2.05) is 0 Å². The highest BCUT2D eigenvalue weighted by atomic mass is 19.1. The van der Waals surface area contributed by atoms with E-state index in [0.29, 0.717) is 6.61 Å². The molecule has 98 valence electrons. The maximum Gasteiger partial charge on any atom is 0.340 e. The van der Waals surface area contributed by atoms with Crippen LogP contribution in [-0.2, 0) is 9.47 Å². The Morgan fingerprint density at radius 2 is 2.33 bits per heavy atom. The fourth-order valence-corrected chi connectivity index (χ4v) is 1.89. The summed E-state index contributed by atoms with van der Waals surface area (Å²) in [6.07, 6.45) is 2.94. The summed E-state index contributed by atoms with van der Waals surface area (Å²) in [5, 5.41) is 0. The van der Waals surface area contributed by atoms with Gasteiger partial charge in [0, 0.05) is 12.3 Å². The van der Waals surface area contributed by atoms with E-state index in [0.717, 1.165) is 25.3 Å². The van der Waals surface area contributed by atoms with Crippen LogP contribution in [0.2, 0.25) is 0 Å². The predicted molar refractivity (Wildman–Crippen MR) is 64.7 cm³/mol. The van der Waals surface area contributed by atoms with Crippen LogP contribution in [0.4, 0.5) is 10.1 Å². The molecule has 0 bridgehead atoms. The molecule has 1 unspecified atom stereocenters. The number of ether oxygens (including phenoxy) is 2. The molecular weight excluding hydrogens is 237 g/mol. The molecule has 1 aliphatic heterocycles. The van der Waals surface area contributed by atoms with E-state index in [2.05, 4.69) is 0 Å². The molecule has 18 heavy (non-hydrogen) atoms. The Hall–Kier alpha value is -1.62. The highest BCUT2D eigenvalue weighted by Crippen LogP contribution is 2.17. The lowest BCUT2D eigenvalue weighted by Crippen LogP contribution is -2.26. The molecule has 1 saturated heterocycles. The summed E-state index contributed by atoms with van der Waals surface area (Å²) in [5.74, 6) is -1.12. The molecule has 5 heteroatoms. The van der Waals surface area contributed by atoms with Gasteiger partial charge in [0.15, 0.2) is 0 Å². The van der Waals surface area contributed by atoms with Crippen LogP contribution in [0.1, 0.15) is 29.6 Å². The second-order valence-corrected chi connectivity index (χ2v) is 4.32. The third-order valence-electron chi connectivity index (χ3n) is 2.91. The molecule has 2 N–H and O–H groups in total. The number of anilines is 1. The number of hydrogen-bond acceptors (Lipinski definition) is 4. The number of carbonyl (C=O) groups excluding carboxylic acids is 1. The van der Waals surface area contributed by atoms with Gasteiger partial charge < -0.3 is 15.2 Å². The average molecular weight is 253 g/mol. The second kappa shape index (κ2) is 5.82. The number of hydrogen-bond donors (Lipinski definition) is 1. The molecule has 0 radical (unpaired) electrons. The van der Waals surface area contributed by atoms with Crippen molar-refractivity contribution in [1.82, 2.24) is 0 Å². The quantitative estimate of drug-likeness (QED) is 0.662. The molecule has 1 heterocycles. The van der Waals surface area contributed by atoms with E-state index < -0.39 is 11.8 Å². The topological polar surface area (TPSA) is 61.6 Å². The Kier molecular flexibility index (Phi) is 4.15. The van der Waals surface area contributed by atoms with Gasteiger partial charge in [-0.05, 0) is 37.5 Å². The molecule has 1 atom stereocenters. The summed E-state index contributed by atoms with van der Waals surface area (Å²) in [6, 6.07) is 3.64. The molecule has 0 aliphatic carbocycles. The first-order chi connectivity index (χ1) is 8.66. The van der Waals surface area contributed by atoms with E-state index in [-0.39, 0.29) is 24.0 Å². The van der Waals surface area contributed by atoms with Crippen LogP contribution in [0.3, 0.4) is 0 Å². The first kappa shape index (κ1) is 12.8. The number of rotatable bonds is 3. The van der Waals surface area contributed by atoms with Gasteiger partial charge in [-0.15, -0.1) is 0 Å². The Morgan fingerprint density at radius 3 is 3.06 bits per heavy atom. The Bertz CT molecular complexity index is 430. The van der Waals surface area contributed by atoms with Gasteiger partial charge >= 0.3 is 5.97 Å². The zero-order chi connectivity index (χ0) is 13.0. The van der Waals surface area contributed by atoms with E-state index in [1.54, 1.807) is 0 Å². The number of halogens is 1. The van der Waals surface area contributed by atoms with E-state index >= 15 is 0 Å². The fraction of sp³-hybridized carbons (Fsp3) is 0.462. The molecule has 0 saturated carbocycles. The minimum absolute atomic E-state index is 0.0579. The Morgan fingerprint density at radius 1 is 1.50 bits per heavy atom. The largest absolute Gasteiger partial charge is 0.459 e. The van der Waals surface area contributed by atoms with Crippen molar-refractivity contribution in [1.29, 1.82) is 0 Å². The minimum Gasteiger partial charge on any atom is -0.459 e. The lowest BCUT2D eigenvalue weighted by Gasteiger charge is -2.22. The number of benzene rings is 1. The lowest BCUT2D eigenvalue weighted by atomic mass is 10.1. The van der Waals surface area contributed by atoms with Crippen molar-refractivity contribution < 1.29 is 18.7 Å². The molecule has 2 rings (SSSR count). The highest BCUT2D eigenvalue weighted by molar-refractivity contribution is 5.95. The Balaban J connectivity index is 1.92. The molecule has 1 fully saturated rings. The zero-order valence-electron chi connectivity index (χ0n) is 10.0. The van der Waals surface area contributed by atoms with Gasteiger partial charge in [0.2, 0.25) is 0 Å². The van der Waals surface area contributed by atoms with Gasteiger partial charge in [0.1, 0.15) is 12.4 Å². The van der Waals surface area contributed by atoms with Crippen LogP contribution in [-0.4, -0.2) is 25.3 Å². The lowest BCUT2D eigenvalue weighted by molar-refractivity contribution is -0.0300.